The second-order valence-corrected chi connectivity index (χ2v) is 5.22. The van der Waals surface area contributed by atoms with Gasteiger partial charge in [-0.15, -0.1) is 12.4 Å². The lowest BCUT2D eigenvalue weighted by molar-refractivity contribution is 0.0414. The minimum atomic E-state index is -0.507. The van der Waals surface area contributed by atoms with Crippen molar-refractivity contribution in [1.82, 2.24) is 0 Å². The van der Waals surface area contributed by atoms with Gasteiger partial charge in [-0.05, 0) is 36.5 Å². The van der Waals surface area contributed by atoms with E-state index in [0.29, 0.717) is 16.0 Å². The Morgan fingerprint density at radius 1 is 1.29 bits per heavy atom. The Hall–Kier alpha value is 0.01000. The van der Waals surface area contributed by atoms with Crippen molar-refractivity contribution in [2.24, 2.45) is 11.7 Å². The molecule has 17 heavy (non-hydrogen) atoms. The fraction of sp³-hybridized carbons (Fsp3) is 0.500. The van der Waals surface area contributed by atoms with Crippen LogP contribution in [0.2, 0.25) is 10.0 Å². The summed E-state index contributed by atoms with van der Waals surface area (Å²) in [6.45, 7) is 0. The van der Waals surface area contributed by atoms with Crippen molar-refractivity contribution in [3.05, 3.63) is 33.8 Å². The monoisotopic (exact) mass is 295 g/mol. The van der Waals surface area contributed by atoms with Gasteiger partial charge in [-0.1, -0.05) is 35.7 Å². The molecule has 0 aliphatic heterocycles. The lowest BCUT2D eigenvalue weighted by Gasteiger charge is -2.34. The fourth-order valence-corrected chi connectivity index (χ4v) is 2.56. The molecule has 0 radical (unpaired) electrons. The zero-order chi connectivity index (χ0) is 11.7. The summed E-state index contributed by atoms with van der Waals surface area (Å²) in [6.07, 6.45) is 2.79. The maximum absolute atomic E-state index is 10.1. The molecular weight excluding hydrogens is 280 g/mol. The van der Waals surface area contributed by atoms with Crippen LogP contribution in [0.15, 0.2) is 18.2 Å². The molecule has 1 aromatic rings. The molecule has 0 unspecified atom stereocenters. The Morgan fingerprint density at radius 2 is 1.94 bits per heavy atom. The lowest BCUT2D eigenvalue weighted by atomic mass is 9.77. The highest BCUT2D eigenvalue weighted by Crippen LogP contribution is 2.36. The van der Waals surface area contributed by atoms with Gasteiger partial charge in [0.15, 0.2) is 0 Å². The van der Waals surface area contributed by atoms with Gasteiger partial charge in [0.2, 0.25) is 0 Å². The summed E-state index contributed by atoms with van der Waals surface area (Å²) in [5, 5.41) is 11.2. The molecule has 1 aliphatic carbocycles. The van der Waals surface area contributed by atoms with E-state index in [4.69, 9.17) is 28.9 Å². The Morgan fingerprint density at radius 3 is 2.41 bits per heavy atom. The summed E-state index contributed by atoms with van der Waals surface area (Å²) < 4.78 is 0. The van der Waals surface area contributed by atoms with Crippen molar-refractivity contribution in [3.63, 3.8) is 0 Å². The summed E-state index contributed by atoms with van der Waals surface area (Å²) in [5.41, 5.74) is 6.79. The molecule has 0 spiro atoms. The Bertz CT molecular complexity index is 382. The summed E-state index contributed by atoms with van der Waals surface area (Å²) in [4.78, 5) is 0. The van der Waals surface area contributed by atoms with Crippen molar-refractivity contribution >= 4 is 35.6 Å². The first-order valence-electron chi connectivity index (χ1n) is 5.48. The SMILES string of the molecule is Cl.N[C@H](c1ccc(Cl)cc1Cl)[C@@H](O)C1CCC1. The molecule has 3 N–H and O–H groups in total. The number of hydrogen-bond acceptors (Lipinski definition) is 2. The Balaban J connectivity index is 0.00000144. The van der Waals surface area contributed by atoms with Gasteiger partial charge in [0.05, 0.1) is 12.1 Å². The predicted molar refractivity (Wildman–Crippen MR) is 74.0 cm³/mol. The van der Waals surface area contributed by atoms with Gasteiger partial charge in [-0.3, -0.25) is 0 Å². The maximum atomic E-state index is 10.1. The molecule has 0 heterocycles. The van der Waals surface area contributed by atoms with Gasteiger partial charge in [0.25, 0.3) is 0 Å². The molecule has 0 bridgehead atoms. The van der Waals surface area contributed by atoms with E-state index >= 15 is 0 Å². The van der Waals surface area contributed by atoms with Crippen LogP contribution in [0.4, 0.5) is 0 Å². The van der Waals surface area contributed by atoms with Gasteiger partial charge < -0.3 is 10.8 Å². The van der Waals surface area contributed by atoms with E-state index in [1.165, 1.54) is 6.42 Å². The highest BCUT2D eigenvalue weighted by Gasteiger charge is 2.31. The van der Waals surface area contributed by atoms with E-state index < -0.39 is 12.1 Å². The van der Waals surface area contributed by atoms with Crippen LogP contribution in [0.3, 0.4) is 0 Å². The third-order valence-corrected chi connectivity index (χ3v) is 3.88. The minimum Gasteiger partial charge on any atom is -0.391 e. The number of benzene rings is 1. The van der Waals surface area contributed by atoms with Crippen molar-refractivity contribution in [1.29, 1.82) is 0 Å². The zero-order valence-corrected chi connectivity index (χ0v) is 11.6. The molecule has 96 valence electrons. The van der Waals surface area contributed by atoms with Gasteiger partial charge in [0, 0.05) is 10.0 Å². The third-order valence-electron chi connectivity index (χ3n) is 3.32. The molecule has 1 aromatic carbocycles. The van der Waals surface area contributed by atoms with Crippen molar-refractivity contribution in [2.75, 3.05) is 0 Å². The summed E-state index contributed by atoms with van der Waals surface area (Å²) in [7, 11) is 0. The van der Waals surface area contributed by atoms with E-state index in [9.17, 15) is 5.11 Å². The van der Waals surface area contributed by atoms with Gasteiger partial charge in [-0.25, -0.2) is 0 Å². The first-order chi connectivity index (χ1) is 7.59. The number of rotatable bonds is 3. The zero-order valence-electron chi connectivity index (χ0n) is 9.27. The van der Waals surface area contributed by atoms with Crippen LogP contribution in [0, 0.1) is 5.92 Å². The summed E-state index contributed by atoms with van der Waals surface area (Å²) in [6, 6.07) is 4.77. The number of nitrogens with two attached hydrogens (primary N) is 1. The summed E-state index contributed by atoms with van der Waals surface area (Å²) >= 11 is 11.9. The molecule has 1 fully saturated rings. The van der Waals surface area contributed by atoms with E-state index in [2.05, 4.69) is 0 Å². The molecule has 0 amide bonds. The number of aliphatic hydroxyl groups excluding tert-OH is 1. The molecule has 1 aliphatic rings. The molecule has 0 aromatic heterocycles. The minimum absolute atomic E-state index is 0. The highest BCUT2D eigenvalue weighted by atomic mass is 35.5. The molecule has 5 heteroatoms. The first kappa shape index (κ1) is 15.1. The highest BCUT2D eigenvalue weighted by molar-refractivity contribution is 6.35. The van der Waals surface area contributed by atoms with Crippen molar-refractivity contribution in [2.45, 2.75) is 31.4 Å². The molecule has 2 atom stereocenters. The smallest absolute Gasteiger partial charge is 0.0761 e. The average molecular weight is 297 g/mol. The Kier molecular flexibility index (Phi) is 5.55. The largest absolute Gasteiger partial charge is 0.391 e. The van der Waals surface area contributed by atoms with Crippen molar-refractivity contribution in [3.8, 4) is 0 Å². The molecule has 2 nitrogen and oxygen atoms in total. The van der Waals surface area contributed by atoms with Crippen LogP contribution in [0.5, 0.6) is 0 Å². The molecule has 1 saturated carbocycles. The van der Waals surface area contributed by atoms with Gasteiger partial charge in [-0.2, -0.15) is 0 Å². The standard InChI is InChI=1S/C12H15Cl2NO.ClH/c13-8-4-5-9(10(14)6-8)11(15)12(16)7-2-1-3-7;/h4-7,11-12,16H,1-3,15H2;1H/t11-,12+;/m1./s1. The van der Waals surface area contributed by atoms with Crippen LogP contribution in [-0.4, -0.2) is 11.2 Å². The summed E-state index contributed by atoms with van der Waals surface area (Å²) in [5.74, 6) is 0.321. The lowest BCUT2D eigenvalue weighted by Crippen LogP contribution is -2.36. The van der Waals surface area contributed by atoms with E-state index in [1.54, 1.807) is 18.2 Å². The average Bonchev–Trinajstić information content (AvgIpc) is 2.14. The van der Waals surface area contributed by atoms with Gasteiger partial charge in [0.1, 0.15) is 0 Å². The van der Waals surface area contributed by atoms with Crippen LogP contribution < -0.4 is 5.73 Å². The van der Waals surface area contributed by atoms with Crippen molar-refractivity contribution < 1.29 is 5.11 Å². The van der Waals surface area contributed by atoms with Gasteiger partial charge >= 0.3 is 0 Å². The number of halogens is 3. The number of aliphatic hydroxyl groups is 1. The Labute approximate surface area is 118 Å². The maximum Gasteiger partial charge on any atom is 0.0761 e. The molecule has 2 rings (SSSR count). The topological polar surface area (TPSA) is 46.2 Å². The molecule has 0 saturated heterocycles. The third kappa shape index (κ3) is 3.27. The fourth-order valence-electron chi connectivity index (χ4n) is 2.03. The quantitative estimate of drug-likeness (QED) is 0.895. The van der Waals surface area contributed by atoms with Crippen LogP contribution in [-0.2, 0) is 0 Å². The van der Waals surface area contributed by atoms with Crippen LogP contribution in [0.25, 0.3) is 0 Å². The normalized spacial score (nSPS) is 19.1. The van der Waals surface area contributed by atoms with E-state index in [0.717, 1.165) is 18.4 Å². The second-order valence-electron chi connectivity index (χ2n) is 4.37. The van der Waals surface area contributed by atoms with Crippen LogP contribution in [0.1, 0.15) is 30.9 Å². The second kappa shape index (κ2) is 6.26. The predicted octanol–water partition coefficient (Wildman–Crippen LogP) is 3.58. The van der Waals surface area contributed by atoms with E-state index in [-0.39, 0.29) is 12.4 Å². The molecular formula is C12H16Cl3NO. The number of hydrogen-bond donors (Lipinski definition) is 2. The van der Waals surface area contributed by atoms with Crippen LogP contribution >= 0.6 is 35.6 Å². The van der Waals surface area contributed by atoms with E-state index in [1.807, 2.05) is 0 Å². The first-order valence-corrected chi connectivity index (χ1v) is 6.24.